The summed E-state index contributed by atoms with van der Waals surface area (Å²) in [4.78, 5) is 25.4. The number of anilines is 1. The van der Waals surface area contributed by atoms with Gasteiger partial charge in [-0.1, -0.05) is 37.2 Å². The number of carbonyl (C=O) groups excluding carboxylic acids is 2. The zero-order valence-electron chi connectivity index (χ0n) is 19.8. The predicted octanol–water partition coefficient (Wildman–Crippen LogP) is 5.58. The number of rotatable bonds is 10. The van der Waals surface area contributed by atoms with Crippen molar-refractivity contribution in [3.05, 3.63) is 63.3 Å². The third kappa shape index (κ3) is 6.99. The highest BCUT2D eigenvalue weighted by molar-refractivity contribution is 9.10. The number of aromatic nitrogens is 3. The molecule has 0 aliphatic rings. The van der Waals surface area contributed by atoms with Gasteiger partial charge in [0.15, 0.2) is 11.0 Å². The lowest BCUT2D eigenvalue weighted by Gasteiger charge is -2.22. The first-order valence-electron chi connectivity index (χ1n) is 11.0. The number of thioether (sulfide) groups is 1. The molecular formula is C24H27BrClN5O3S. The number of methoxy groups -OCH3 is 1. The molecule has 11 heteroatoms. The van der Waals surface area contributed by atoms with Crippen molar-refractivity contribution >= 4 is 56.8 Å². The van der Waals surface area contributed by atoms with E-state index in [4.69, 9.17) is 16.3 Å². The van der Waals surface area contributed by atoms with Crippen LogP contribution >= 0.6 is 39.3 Å². The summed E-state index contributed by atoms with van der Waals surface area (Å²) >= 11 is 10.7. The van der Waals surface area contributed by atoms with E-state index in [1.54, 1.807) is 49.6 Å². The van der Waals surface area contributed by atoms with E-state index in [-0.39, 0.29) is 29.5 Å². The van der Waals surface area contributed by atoms with Crippen molar-refractivity contribution in [3.8, 4) is 5.75 Å². The van der Waals surface area contributed by atoms with Crippen LogP contribution in [-0.2, 0) is 11.3 Å². The Morgan fingerprint density at radius 3 is 2.49 bits per heavy atom. The minimum atomic E-state index is -0.356. The summed E-state index contributed by atoms with van der Waals surface area (Å²) in [6.07, 6.45) is 0. The fraction of sp³-hybridized carbons (Fsp3) is 0.333. The van der Waals surface area contributed by atoms with Gasteiger partial charge in [0.1, 0.15) is 5.75 Å². The van der Waals surface area contributed by atoms with Crippen LogP contribution in [0.25, 0.3) is 0 Å². The molecule has 0 spiro atoms. The largest absolute Gasteiger partial charge is 0.497 e. The topological polar surface area (TPSA) is 98.1 Å². The molecule has 0 saturated heterocycles. The van der Waals surface area contributed by atoms with Crippen molar-refractivity contribution in [3.63, 3.8) is 0 Å². The van der Waals surface area contributed by atoms with Crippen molar-refractivity contribution in [2.24, 2.45) is 5.92 Å². The number of carbonyl (C=O) groups is 2. The first-order chi connectivity index (χ1) is 16.7. The fourth-order valence-corrected chi connectivity index (χ4v) is 4.57. The number of hydrogen-bond donors (Lipinski definition) is 2. The smallest absolute Gasteiger partial charge is 0.251 e. The molecule has 0 aliphatic carbocycles. The van der Waals surface area contributed by atoms with Gasteiger partial charge >= 0.3 is 0 Å². The number of amides is 2. The average molecular weight is 581 g/mol. The summed E-state index contributed by atoms with van der Waals surface area (Å²) in [5.41, 5.74) is 1.14. The third-order valence-electron chi connectivity index (χ3n) is 5.18. The summed E-state index contributed by atoms with van der Waals surface area (Å²) < 4.78 is 7.84. The van der Waals surface area contributed by atoms with Gasteiger partial charge in [0.05, 0.1) is 23.9 Å². The van der Waals surface area contributed by atoms with Crippen LogP contribution in [0, 0.1) is 5.92 Å². The Bertz CT molecular complexity index is 1190. The predicted molar refractivity (Wildman–Crippen MR) is 142 cm³/mol. The molecule has 2 N–H and O–H groups in total. The molecule has 1 unspecified atom stereocenters. The SMILES string of the molecule is CCn1c(SCC(=O)Nc2ccc(Br)c(Cl)c2)nnc1C(NC(=O)c1ccc(OC)cc1)C(C)C. The van der Waals surface area contributed by atoms with Gasteiger partial charge < -0.3 is 19.9 Å². The Morgan fingerprint density at radius 1 is 1.17 bits per heavy atom. The molecule has 8 nitrogen and oxygen atoms in total. The van der Waals surface area contributed by atoms with Crippen molar-refractivity contribution < 1.29 is 14.3 Å². The summed E-state index contributed by atoms with van der Waals surface area (Å²) in [6.45, 7) is 6.59. The van der Waals surface area contributed by atoms with E-state index in [2.05, 4.69) is 36.8 Å². The van der Waals surface area contributed by atoms with E-state index in [1.807, 2.05) is 25.3 Å². The molecule has 1 aromatic heterocycles. The fourth-order valence-electron chi connectivity index (χ4n) is 3.33. The first kappa shape index (κ1) is 27.0. The number of nitrogens with one attached hydrogen (secondary N) is 2. The molecule has 186 valence electrons. The van der Waals surface area contributed by atoms with Crippen LogP contribution in [-0.4, -0.2) is 39.4 Å². The zero-order valence-corrected chi connectivity index (χ0v) is 23.0. The lowest BCUT2D eigenvalue weighted by molar-refractivity contribution is -0.113. The molecule has 0 bridgehead atoms. The van der Waals surface area contributed by atoms with Gasteiger partial charge in [0.2, 0.25) is 5.91 Å². The third-order valence-corrected chi connectivity index (χ3v) is 7.38. The van der Waals surface area contributed by atoms with Crippen molar-refractivity contribution in [1.82, 2.24) is 20.1 Å². The maximum Gasteiger partial charge on any atom is 0.251 e. The number of hydrogen-bond acceptors (Lipinski definition) is 6. The van der Waals surface area contributed by atoms with Crippen LogP contribution in [0.15, 0.2) is 52.1 Å². The van der Waals surface area contributed by atoms with Gasteiger partial charge in [-0.25, -0.2) is 0 Å². The molecule has 0 saturated carbocycles. The van der Waals surface area contributed by atoms with E-state index in [0.29, 0.717) is 39.5 Å². The van der Waals surface area contributed by atoms with Gasteiger partial charge in [-0.3, -0.25) is 9.59 Å². The van der Waals surface area contributed by atoms with Crippen LogP contribution in [0.5, 0.6) is 5.75 Å². The van der Waals surface area contributed by atoms with Crippen LogP contribution in [0.1, 0.15) is 43.0 Å². The normalized spacial score (nSPS) is 11.9. The molecule has 3 aromatic rings. The van der Waals surface area contributed by atoms with Gasteiger partial charge in [0.25, 0.3) is 5.91 Å². The molecular weight excluding hydrogens is 554 g/mol. The molecule has 0 aliphatic heterocycles. The summed E-state index contributed by atoms with van der Waals surface area (Å²) in [5.74, 6) is 1.15. The van der Waals surface area contributed by atoms with Gasteiger partial charge in [0, 0.05) is 22.3 Å². The Kier molecular flexibility index (Phi) is 9.59. The van der Waals surface area contributed by atoms with Crippen LogP contribution in [0.3, 0.4) is 0 Å². The van der Waals surface area contributed by atoms with E-state index >= 15 is 0 Å². The molecule has 1 heterocycles. The van der Waals surface area contributed by atoms with Crippen LogP contribution < -0.4 is 15.4 Å². The number of benzene rings is 2. The standard InChI is InChI=1S/C24H27BrClN5O3S/c1-5-31-22(21(14(2)3)28-23(33)15-6-9-17(34-4)10-7-15)29-30-24(31)35-13-20(32)27-16-8-11-18(25)19(26)12-16/h6-12,14,21H,5,13H2,1-4H3,(H,27,32)(H,28,33). The summed E-state index contributed by atoms with van der Waals surface area (Å²) in [6, 6.07) is 11.8. The number of nitrogens with zero attached hydrogens (tertiary/aromatic N) is 3. The Morgan fingerprint density at radius 2 is 1.89 bits per heavy atom. The maximum atomic E-state index is 12.9. The highest BCUT2D eigenvalue weighted by atomic mass is 79.9. The summed E-state index contributed by atoms with van der Waals surface area (Å²) in [5, 5.41) is 15.7. The number of ether oxygens (including phenoxy) is 1. The van der Waals surface area contributed by atoms with Crippen molar-refractivity contribution in [1.29, 1.82) is 0 Å². The molecule has 0 fully saturated rings. The summed E-state index contributed by atoms with van der Waals surface area (Å²) in [7, 11) is 1.58. The van der Waals surface area contributed by atoms with E-state index in [9.17, 15) is 9.59 Å². The van der Waals surface area contributed by atoms with Crippen molar-refractivity contribution in [2.75, 3.05) is 18.2 Å². The minimum absolute atomic E-state index is 0.0648. The lowest BCUT2D eigenvalue weighted by Crippen LogP contribution is -2.33. The van der Waals surface area contributed by atoms with Crippen molar-refractivity contribution in [2.45, 2.75) is 38.5 Å². The molecule has 2 amide bonds. The van der Waals surface area contributed by atoms with E-state index in [1.165, 1.54) is 11.8 Å². The molecule has 0 radical (unpaired) electrons. The van der Waals surface area contributed by atoms with Crippen LogP contribution in [0.4, 0.5) is 5.69 Å². The highest BCUT2D eigenvalue weighted by Gasteiger charge is 2.26. The first-order valence-corrected chi connectivity index (χ1v) is 13.1. The molecule has 35 heavy (non-hydrogen) atoms. The second-order valence-electron chi connectivity index (χ2n) is 7.97. The lowest BCUT2D eigenvalue weighted by atomic mass is 10.0. The minimum Gasteiger partial charge on any atom is -0.497 e. The van der Waals surface area contributed by atoms with Gasteiger partial charge in [-0.05, 0) is 71.2 Å². The quantitative estimate of drug-likeness (QED) is 0.304. The number of halogens is 2. The molecule has 1 atom stereocenters. The zero-order chi connectivity index (χ0) is 25.5. The highest BCUT2D eigenvalue weighted by Crippen LogP contribution is 2.27. The average Bonchev–Trinajstić information content (AvgIpc) is 3.25. The van der Waals surface area contributed by atoms with Gasteiger partial charge in [-0.2, -0.15) is 0 Å². The Hall–Kier alpha value is -2.56. The Balaban J connectivity index is 1.70. The van der Waals surface area contributed by atoms with E-state index in [0.717, 1.165) is 4.47 Å². The van der Waals surface area contributed by atoms with Gasteiger partial charge in [-0.15, -0.1) is 10.2 Å². The molecule has 3 rings (SSSR count). The Labute approximate surface area is 222 Å². The van der Waals surface area contributed by atoms with Crippen LogP contribution in [0.2, 0.25) is 5.02 Å². The van der Waals surface area contributed by atoms with E-state index < -0.39 is 0 Å². The second-order valence-corrected chi connectivity index (χ2v) is 10.2. The monoisotopic (exact) mass is 579 g/mol. The maximum absolute atomic E-state index is 12.9. The second kappa shape index (κ2) is 12.4. The molecule has 2 aromatic carbocycles.